The van der Waals surface area contributed by atoms with Crippen molar-refractivity contribution in [2.24, 2.45) is 17.8 Å². The predicted octanol–water partition coefficient (Wildman–Crippen LogP) is 6.20. The molecule has 0 nitrogen and oxygen atoms in total. The summed E-state index contributed by atoms with van der Waals surface area (Å²) in [5.74, 6) is 2.89. The van der Waals surface area contributed by atoms with E-state index in [0.29, 0.717) is 0 Å². The Labute approximate surface area is 110 Å². The predicted molar refractivity (Wildman–Crippen MR) is 78.3 cm³/mol. The molecule has 0 heterocycles. The largest absolute Gasteiger partial charge is 0.0628 e. The van der Waals surface area contributed by atoms with E-state index in [9.17, 15) is 0 Å². The molecule has 0 amide bonds. The maximum Gasteiger partial charge on any atom is -0.0388 e. The van der Waals surface area contributed by atoms with Gasteiger partial charge in [-0.05, 0) is 17.8 Å². The second-order valence-corrected chi connectivity index (χ2v) is 6.76. The fraction of sp³-hybridized carbons (Fsp3) is 1.00. The van der Waals surface area contributed by atoms with Gasteiger partial charge in [0.2, 0.25) is 0 Å². The number of hydrogen-bond acceptors (Lipinski definition) is 0. The minimum atomic E-state index is 0.886. The average Bonchev–Trinajstić information content (AvgIpc) is 2.32. The van der Waals surface area contributed by atoms with Crippen molar-refractivity contribution >= 4 is 0 Å². The van der Waals surface area contributed by atoms with E-state index in [2.05, 4.69) is 20.8 Å². The topological polar surface area (TPSA) is 0 Å². The van der Waals surface area contributed by atoms with Gasteiger partial charge in [-0.15, -0.1) is 0 Å². The molecule has 1 atom stereocenters. The third kappa shape index (κ3) is 7.11. The zero-order valence-corrected chi connectivity index (χ0v) is 12.5. The first-order chi connectivity index (χ1) is 8.20. The lowest BCUT2D eigenvalue weighted by molar-refractivity contribution is 0.263. The van der Waals surface area contributed by atoms with Gasteiger partial charge in [-0.2, -0.15) is 0 Å². The first-order valence-electron chi connectivity index (χ1n) is 8.20. The molecular formula is C17H34. The van der Waals surface area contributed by atoms with Crippen molar-refractivity contribution in [2.45, 2.75) is 91.4 Å². The number of rotatable bonds is 4. The van der Waals surface area contributed by atoms with Gasteiger partial charge in [-0.3, -0.25) is 0 Å². The lowest BCUT2D eigenvalue weighted by atomic mass is 9.80. The highest BCUT2D eigenvalue weighted by molar-refractivity contribution is 4.69. The van der Waals surface area contributed by atoms with Crippen molar-refractivity contribution in [1.82, 2.24) is 0 Å². The van der Waals surface area contributed by atoms with Crippen LogP contribution in [0.1, 0.15) is 91.4 Å². The van der Waals surface area contributed by atoms with Crippen LogP contribution in [0, 0.1) is 17.8 Å². The summed E-state index contributed by atoms with van der Waals surface area (Å²) in [6.45, 7) is 7.24. The third-order valence-corrected chi connectivity index (χ3v) is 4.65. The Hall–Kier alpha value is 0. The van der Waals surface area contributed by atoms with Crippen LogP contribution in [0.2, 0.25) is 0 Å². The van der Waals surface area contributed by atoms with Gasteiger partial charge in [0.15, 0.2) is 0 Å². The minimum Gasteiger partial charge on any atom is -0.0628 e. The summed E-state index contributed by atoms with van der Waals surface area (Å²) in [6, 6.07) is 0. The van der Waals surface area contributed by atoms with Gasteiger partial charge < -0.3 is 0 Å². The van der Waals surface area contributed by atoms with Crippen molar-refractivity contribution in [2.75, 3.05) is 0 Å². The van der Waals surface area contributed by atoms with Crippen LogP contribution in [0.3, 0.4) is 0 Å². The summed E-state index contributed by atoms with van der Waals surface area (Å²) >= 11 is 0. The van der Waals surface area contributed by atoms with Crippen molar-refractivity contribution in [3.05, 3.63) is 0 Å². The van der Waals surface area contributed by atoms with Gasteiger partial charge in [0.05, 0.1) is 0 Å². The Morgan fingerprint density at radius 3 is 1.65 bits per heavy atom. The van der Waals surface area contributed by atoms with Gasteiger partial charge in [0, 0.05) is 0 Å². The quantitative estimate of drug-likeness (QED) is 0.547. The Morgan fingerprint density at radius 2 is 1.18 bits per heavy atom. The van der Waals surface area contributed by atoms with Crippen LogP contribution in [0.15, 0.2) is 0 Å². The lowest BCUT2D eigenvalue weighted by Gasteiger charge is -2.25. The average molecular weight is 238 g/mol. The Bertz CT molecular complexity index is 161. The highest BCUT2D eigenvalue weighted by Gasteiger charge is 2.17. The molecular weight excluding hydrogens is 204 g/mol. The van der Waals surface area contributed by atoms with E-state index in [4.69, 9.17) is 0 Å². The van der Waals surface area contributed by atoms with Crippen LogP contribution in [0.25, 0.3) is 0 Å². The van der Waals surface area contributed by atoms with Crippen LogP contribution in [0.5, 0.6) is 0 Å². The lowest BCUT2D eigenvalue weighted by Crippen LogP contribution is -2.13. The Morgan fingerprint density at radius 1 is 0.706 bits per heavy atom. The van der Waals surface area contributed by atoms with E-state index in [0.717, 1.165) is 17.8 Å². The van der Waals surface area contributed by atoms with E-state index < -0.39 is 0 Å². The van der Waals surface area contributed by atoms with E-state index in [1.807, 2.05) is 0 Å². The third-order valence-electron chi connectivity index (χ3n) is 4.65. The normalized spacial score (nSPS) is 22.6. The fourth-order valence-electron chi connectivity index (χ4n) is 3.24. The van der Waals surface area contributed by atoms with E-state index in [1.165, 1.54) is 70.6 Å². The van der Waals surface area contributed by atoms with Gasteiger partial charge >= 0.3 is 0 Å². The molecule has 0 aromatic carbocycles. The fourth-order valence-corrected chi connectivity index (χ4v) is 3.24. The van der Waals surface area contributed by atoms with E-state index in [1.54, 1.807) is 0 Å². The molecule has 1 aliphatic rings. The highest BCUT2D eigenvalue weighted by atomic mass is 14.2. The van der Waals surface area contributed by atoms with Crippen LogP contribution < -0.4 is 0 Å². The molecule has 1 fully saturated rings. The molecule has 102 valence electrons. The molecule has 0 saturated heterocycles. The molecule has 17 heavy (non-hydrogen) atoms. The van der Waals surface area contributed by atoms with Crippen LogP contribution >= 0.6 is 0 Å². The first-order valence-corrected chi connectivity index (χ1v) is 8.20. The molecule has 0 heteroatoms. The standard InChI is InChI=1S/C17H34/c1-15(2)13-14-16(3)17-11-9-7-5-4-6-8-10-12-17/h15-17H,4-14H2,1-3H3. The molecule has 0 N–H and O–H groups in total. The maximum absolute atomic E-state index is 2.51. The summed E-state index contributed by atoms with van der Waals surface area (Å²) in [4.78, 5) is 0. The zero-order valence-electron chi connectivity index (χ0n) is 12.5. The van der Waals surface area contributed by atoms with Crippen LogP contribution in [-0.4, -0.2) is 0 Å². The molecule has 0 aromatic heterocycles. The Balaban J connectivity index is 2.30. The second kappa shape index (κ2) is 9.00. The van der Waals surface area contributed by atoms with Crippen molar-refractivity contribution in [3.8, 4) is 0 Å². The van der Waals surface area contributed by atoms with Crippen molar-refractivity contribution in [1.29, 1.82) is 0 Å². The molecule has 0 aromatic rings. The van der Waals surface area contributed by atoms with Crippen LogP contribution in [0.4, 0.5) is 0 Å². The molecule has 1 aliphatic carbocycles. The monoisotopic (exact) mass is 238 g/mol. The summed E-state index contributed by atoms with van der Waals surface area (Å²) in [5.41, 5.74) is 0. The molecule has 1 unspecified atom stereocenters. The van der Waals surface area contributed by atoms with Crippen molar-refractivity contribution < 1.29 is 0 Å². The zero-order chi connectivity index (χ0) is 12.5. The minimum absolute atomic E-state index is 0.886. The summed E-state index contributed by atoms with van der Waals surface area (Å²) in [5, 5.41) is 0. The first kappa shape index (κ1) is 15.1. The molecule has 1 saturated carbocycles. The molecule has 0 bridgehead atoms. The molecule has 0 spiro atoms. The van der Waals surface area contributed by atoms with Gasteiger partial charge in [0.1, 0.15) is 0 Å². The van der Waals surface area contributed by atoms with Crippen LogP contribution in [-0.2, 0) is 0 Å². The summed E-state index contributed by atoms with van der Waals surface area (Å²) in [6.07, 6.45) is 16.4. The summed E-state index contributed by atoms with van der Waals surface area (Å²) in [7, 11) is 0. The second-order valence-electron chi connectivity index (χ2n) is 6.76. The van der Waals surface area contributed by atoms with Gasteiger partial charge in [-0.25, -0.2) is 0 Å². The number of hydrogen-bond donors (Lipinski definition) is 0. The molecule has 1 rings (SSSR count). The Kier molecular flexibility index (Phi) is 7.97. The smallest absolute Gasteiger partial charge is 0.0388 e. The van der Waals surface area contributed by atoms with Gasteiger partial charge in [0.25, 0.3) is 0 Å². The molecule has 0 aliphatic heterocycles. The molecule has 0 radical (unpaired) electrons. The van der Waals surface area contributed by atoms with Crippen molar-refractivity contribution in [3.63, 3.8) is 0 Å². The maximum atomic E-state index is 2.51. The highest BCUT2D eigenvalue weighted by Crippen LogP contribution is 2.30. The summed E-state index contributed by atoms with van der Waals surface area (Å²) < 4.78 is 0. The van der Waals surface area contributed by atoms with E-state index in [-0.39, 0.29) is 0 Å². The van der Waals surface area contributed by atoms with E-state index >= 15 is 0 Å². The van der Waals surface area contributed by atoms with Gasteiger partial charge in [-0.1, -0.05) is 91.4 Å². The SMILES string of the molecule is CC(C)CCC(C)C1CCCCCCCCC1.